The summed E-state index contributed by atoms with van der Waals surface area (Å²) in [5.74, 6) is -0.571. The standard InChI is InChI=1S/C9H11N3O2/c1-9(2)6-5(4-14-9)3-11-8(12-6)7(10)13/h3H,4H2,1-2H3,(H2,10,13). The number of carbonyl (C=O) groups is 1. The predicted octanol–water partition coefficient (Wildman–Crippen LogP) is 0.341. The minimum Gasteiger partial charge on any atom is -0.364 e. The molecule has 0 saturated carbocycles. The molecule has 0 aliphatic carbocycles. The van der Waals surface area contributed by atoms with Crippen molar-refractivity contribution < 1.29 is 9.53 Å². The van der Waals surface area contributed by atoms with Crippen LogP contribution in [0.3, 0.4) is 0 Å². The highest BCUT2D eigenvalue weighted by atomic mass is 16.5. The van der Waals surface area contributed by atoms with Crippen LogP contribution < -0.4 is 5.73 Å². The second-order valence-corrected chi connectivity index (χ2v) is 3.73. The summed E-state index contributed by atoms with van der Waals surface area (Å²) in [6.07, 6.45) is 1.59. The molecule has 5 heteroatoms. The van der Waals surface area contributed by atoms with E-state index in [1.54, 1.807) is 6.20 Å². The number of primary amides is 1. The molecule has 2 rings (SSSR count). The molecular formula is C9H11N3O2. The Labute approximate surface area is 81.3 Å². The third-order valence-electron chi connectivity index (χ3n) is 2.24. The van der Waals surface area contributed by atoms with Gasteiger partial charge in [-0.3, -0.25) is 4.79 Å². The summed E-state index contributed by atoms with van der Waals surface area (Å²) >= 11 is 0. The summed E-state index contributed by atoms with van der Waals surface area (Å²) in [6.45, 7) is 4.29. The van der Waals surface area contributed by atoms with E-state index in [2.05, 4.69) is 9.97 Å². The SMILES string of the molecule is CC1(C)OCc2cnc(C(N)=O)nc21. The molecule has 0 fully saturated rings. The maximum Gasteiger partial charge on any atom is 0.286 e. The lowest BCUT2D eigenvalue weighted by Gasteiger charge is -2.16. The molecule has 74 valence electrons. The first-order chi connectivity index (χ1) is 6.50. The zero-order valence-electron chi connectivity index (χ0n) is 8.07. The summed E-state index contributed by atoms with van der Waals surface area (Å²) < 4.78 is 5.49. The van der Waals surface area contributed by atoms with E-state index in [4.69, 9.17) is 10.5 Å². The highest BCUT2D eigenvalue weighted by molar-refractivity contribution is 5.88. The van der Waals surface area contributed by atoms with Crippen molar-refractivity contribution in [2.75, 3.05) is 0 Å². The minimum absolute atomic E-state index is 0.0438. The number of amides is 1. The quantitative estimate of drug-likeness (QED) is 0.697. The Morgan fingerprint density at radius 1 is 1.64 bits per heavy atom. The predicted molar refractivity (Wildman–Crippen MR) is 48.4 cm³/mol. The lowest BCUT2D eigenvalue weighted by molar-refractivity contribution is -0.0101. The van der Waals surface area contributed by atoms with Crippen LogP contribution in [0, 0.1) is 0 Å². The minimum atomic E-state index is -0.615. The van der Waals surface area contributed by atoms with Crippen molar-refractivity contribution in [3.05, 3.63) is 23.3 Å². The number of aromatic nitrogens is 2. The largest absolute Gasteiger partial charge is 0.364 e. The Kier molecular flexibility index (Phi) is 1.78. The van der Waals surface area contributed by atoms with E-state index in [9.17, 15) is 4.79 Å². The van der Waals surface area contributed by atoms with Crippen LogP contribution in [-0.4, -0.2) is 15.9 Å². The Balaban J connectivity index is 2.53. The molecule has 1 amide bonds. The van der Waals surface area contributed by atoms with Crippen LogP contribution in [0.5, 0.6) is 0 Å². The van der Waals surface area contributed by atoms with Gasteiger partial charge in [0.05, 0.1) is 12.3 Å². The van der Waals surface area contributed by atoms with Crippen LogP contribution in [0.15, 0.2) is 6.20 Å². The van der Waals surface area contributed by atoms with Crippen molar-refractivity contribution >= 4 is 5.91 Å². The fourth-order valence-corrected chi connectivity index (χ4v) is 1.48. The van der Waals surface area contributed by atoms with Crippen LogP contribution in [0.1, 0.15) is 35.7 Å². The molecule has 0 radical (unpaired) electrons. The van der Waals surface area contributed by atoms with Gasteiger partial charge >= 0.3 is 0 Å². The summed E-state index contributed by atoms with van der Waals surface area (Å²) in [4.78, 5) is 18.8. The molecule has 2 heterocycles. The smallest absolute Gasteiger partial charge is 0.286 e. The topological polar surface area (TPSA) is 78.1 Å². The van der Waals surface area contributed by atoms with Gasteiger partial charge in [-0.25, -0.2) is 9.97 Å². The second-order valence-electron chi connectivity index (χ2n) is 3.73. The molecule has 0 bridgehead atoms. The number of hydrogen-bond donors (Lipinski definition) is 1. The lowest BCUT2D eigenvalue weighted by Crippen LogP contribution is -2.21. The number of nitrogens with zero attached hydrogens (tertiary/aromatic N) is 2. The maximum absolute atomic E-state index is 10.9. The average molecular weight is 193 g/mol. The molecule has 0 spiro atoms. The number of fused-ring (bicyclic) bond motifs is 1. The number of nitrogens with two attached hydrogens (primary N) is 1. The molecule has 0 saturated heterocycles. The Hall–Kier alpha value is -1.49. The molecule has 0 atom stereocenters. The fourth-order valence-electron chi connectivity index (χ4n) is 1.48. The van der Waals surface area contributed by atoms with Crippen LogP contribution >= 0.6 is 0 Å². The summed E-state index contributed by atoms with van der Waals surface area (Å²) in [5.41, 5.74) is 6.30. The number of carbonyl (C=O) groups excluding carboxylic acids is 1. The van der Waals surface area contributed by atoms with E-state index >= 15 is 0 Å². The van der Waals surface area contributed by atoms with Gasteiger partial charge in [-0.15, -0.1) is 0 Å². The molecule has 1 aliphatic rings. The zero-order valence-corrected chi connectivity index (χ0v) is 8.07. The van der Waals surface area contributed by atoms with Gasteiger partial charge in [0, 0.05) is 11.8 Å². The summed E-state index contributed by atoms with van der Waals surface area (Å²) in [5, 5.41) is 0. The molecular weight excluding hydrogens is 182 g/mol. The molecule has 0 aromatic carbocycles. The van der Waals surface area contributed by atoms with Crippen molar-refractivity contribution in [2.24, 2.45) is 5.73 Å². The molecule has 1 aromatic heterocycles. The Bertz CT molecular complexity index is 401. The van der Waals surface area contributed by atoms with Crippen molar-refractivity contribution in [3.8, 4) is 0 Å². The molecule has 0 unspecified atom stereocenters. The van der Waals surface area contributed by atoms with Crippen molar-refractivity contribution in [3.63, 3.8) is 0 Å². The normalized spacial score (nSPS) is 17.9. The van der Waals surface area contributed by atoms with Crippen LogP contribution in [0.4, 0.5) is 0 Å². The fraction of sp³-hybridized carbons (Fsp3) is 0.444. The van der Waals surface area contributed by atoms with Gasteiger partial charge in [-0.2, -0.15) is 0 Å². The van der Waals surface area contributed by atoms with Crippen molar-refractivity contribution in [2.45, 2.75) is 26.1 Å². The first kappa shape index (κ1) is 9.08. The molecule has 14 heavy (non-hydrogen) atoms. The number of rotatable bonds is 1. The van der Waals surface area contributed by atoms with Gasteiger partial charge in [0.15, 0.2) is 0 Å². The monoisotopic (exact) mass is 193 g/mol. The van der Waals surface area contributed by atoms with Crippen LogP contribution in [-0.2, 0) is 16.9 Å². The third-order valence-corrected chi connectivity index (χ3v) is 2.24. The average Bonchev–Trinajstić information content (AvgIpc) is 2.42. The van der Waals surface area contributed by atoms with Crippen molar-refractivity contribution in [1.29, 1.82) is 0 Å². The summed E-state index contributed by atoms with van der Waals surface area (Å²) in [6, 6.07) is 0. The first-order valence-corrected chi connectivity index (χ1v) is 4.31. The summed E-state index contributed by atoms with van der Waals surface area (Å²) in [7, 11) is 0. The van der Waals surface area contributed by atoms with E-state index in [0.29, 0.717) is 6.61 Å². The highest BCUT2D eigenvalue weighted by Gasteiger charge is 2.33. The van der Waals surface area contributed by atoms with Gasteiger partial charge in [0.2, 0.25) is 5.82 Å². The second kappa shape index (κ2) is 2.75. The van der Waals surface area contributed by atoms with E-state index in [1.165, 1.54) is 0 Å². The van der Waals surface area contributed by atoms with E-state index < -0.39 is 11.5 Å². The van der Waals surface area contributed by atoms with Crippen molar-refractivity contribution in [1.82, 2.24) is 9.97 Å². The van der Waals surface area contributed by atoms with E-state index in [-0.39, 0.29) is 5.82 Å². The Morgan fingerprint density at radius 3 is 3.00 bits per heavy atom. The van der Waals surface area contributed by atoms with E-state index in [0.717, 1.165) is 11.3 Å². The molecule has 1 aliphatic heterocycles. The lowest BCUT2D eigenvalue weighted by atomic mass is 10.0. The van der Waals surface area contributed by atoms with Gasteiger partial charge < -0.3 is 10.5 Å². The highest BCUT2D eigenvalue weighted by Crippen LogP contribution is 2.33. The maximum atomic E-state index is 10.9. The Morgan fingerprint density at radius 2 is 2.36 bits per heavy atom. The molecule has 2 N–H and O–H groups in total. The van der Waals surface area contributed by atoms with Gasteiger partial charge in [0.25, 0.3) is 5.91 Å². The van der Waals surface area contributed by atoms with Gasteiger partial charge in [-0.05, 0) is 13.8 Å². The van der Waals surface area contributed by atoms with E-state index in [1.807, 2.05) is 13.8 Å². The van der Waals surface area contributed by atoms with Gasteiger partial charge in [0.1, 0.15) is 5.60 Å². The third kappa shape index (κ3) is 1.26. The number of hydrogen-bond acceptors (Lipinski definition) is 4. The number of ether oxygens (including phenoxy) is 1. The molecule has 1 aromatic rings. The zero-order chi connectivity index (χ0) is 10.3. The first-order valence-electron chi connectivity index (χ1n) is 4.31. The molecule has 5 nitrogen and oxygen atoms in total. The van der Waals surface area contributed by atoms with Gasteiger partial charge in [-0.1, -0.05) is 0 Å². The van der Waals surface area contributed by atoms with Crippen LogP contribution in [0.25, 0.3) is 0 Å². The van der Waals surface area contributed by atoms with Crippen LogP contribution in [0.2, 0.25) is 0 Å².